The zero-order valence-electron chi connectivity index (χ0n) is 9.99. The van der Waals surface area contributed by atoms with Crippen LogP contribution < -0.4 is 10.5 Å². The van der Waals surface area contributed by atoms with Crippen LogP contribution in [0, 0.1) is 11.2 Å². The first kappa shape index (κ1) is 13.5. The molecule has 0 radical (unpaired) electrons. The fourth-order valence-corrected chi connectivity index (χ4v) is 1.99. The Balaban J connectivity index is 2.13. The van der Waals surface area contributed by atoms with Crippen molar-refractivity contribution in [1.29, 1.82) is 5.41 Å². The van der Waals surface area contributed by atoms with Gasteiger partial charge in [0.25, 0.3) is 0 Å². The van der Waals surface area contributed by atoms with Crippen molar-refractivity contribution in [1.82, 2.24) is 0 Å². The van der Waals surface area contributed by atoms with Crippen LogP contribution in [0.3, 0.4) is 0 Å². The molecular weight excluding hydrogens is 311 g/mol. The molecule has 0 saturated carbocycles. The highest BCUT2D eigenvalue weighted by atomic mass is 79.9. The third-order valence-electron chi connectivity index (χ3n) is 2.47. The topological polar surface area (TPSA) is 59.1 Å². The van der Waals surface area contributed by atoms with E-state index in [1.54, 1.807) is 6.07 Å². The van der Waals surface area contributed by atoms with Gasteiger partial charge in [-0.1, -0.05) is 22.0 Å². The smallest absolute Gasteiger partial charge is 0.124 e. The molecule has 2 aromatic carbocycles. The first-order valence-electron chi connectivity index (χ1n) is 5.57. The first-order chi connectivity index (χ1) is 9.04. The Hall–Kier alpha value is -1.88. The SMILES string of the molecule is N=C(N)c1cc(F)cc(COc2cccc(Br)c2)c1. The molecule has 98 valence electrons. The average molecular weight is 323 g/mol. The summed E-state index contributed by atoms with van der Waals surface area (Å²) in [5.41, 5.74) is 6.33. The van der Waals surface area contributed by atoms with Gasteiger partial charge in [-0.2, -0.15) is 0 Å². The Morgan fingerprint density at radius 3 is 2.74 bits per heavy atom. The number of nitrogen functional groups attached to an aromatic ring is 1. The number of benzene rings is 2. The van der Waals surface area contributed by atoms with Crippen LogP contribution >= 0.6 is 15.9 Å². The van der Waals surface area contributed by atoms with E-state index < -0.39 is 5.82 Å². The lowest BCUT2D eigenvalue weighted by atomic mass is 10.1. The molecule has 0 heterocycles. The lowest BCUT2D eigenvalue weighted by molar-refractivity contribution is 0.305. The summed E-state index contributed by atoms with van der Waals surface area (Å²) in [4.78, 5) is 0. The van der Waals surface area contributed by atoms with Crippen molar-refractivity contribution < 1.29 is 9.13 Å². The van der Waals surface area contributed by atoms with Crippen LogP contribution in [-0.4, -0.2) is 5.84 Å². The fourth-order valence-electron chi connectivity index (χ4n) is 1.61. The minimum atomic E-state index is -0.430. The van der Waals surface area contributed by atoms with Gasteiger partial charge in [-0.15, -0.1) is 0 Å². The van der Waals surface area contributed by atoms with Crippen LogP contribution in [0.5, 0.6) is 5.75 Å². The van der Waals surface area contributed by atoms with E-state index in [0.717, 1.165) is 4.47 Å². The van der Waals surface area contributed by atoms with Gasteiger partial charge in [0.1, 0.15) is 24.0 Å². The van der Waals surface area contributed by atoms with E-state index >= 15 is 0 Å². The van der Waals surface area contributed by atoms with E-state index in [4.69, 9.17) is 15.9 Å². The zero-order valence-corrected chi connectivity index (χ0v) is 11.6. The maximum Gasteiger partial charge on any atom is 0.124 e. The number of halogens is 2. The third-order valence-corrected chi connectivity index (χ3v) is 2.96. The molecule has 0 saturated heterocycles. The number of hydrogen-bond acceptors (Lipinski definition) is 2. The van der Waals surface area contributed by atoms with Crippen molar-refractivity contribution in [2.45, 2.75) is 6.61 Å². The minimum absolute atomic E-state index is 0.164. The van der Waals surface area contributed by atoms with Crippen LogP contribution in [0.25, 0.3) is 0 Å². The molecule has 0 unspecified atom stereocenters. The highest BCUT2D eigenvalue weighted by Gasteiger charge is 2.04. The van der Waals surface area contributed by atoms with Crippen LogP contribution in [0.1, 0.15) is 11.1 Å². The van der Waals surface area contributed by atoms with Gasteiger partial charge in [0.2, 0.25) is 0 Å². The van der Waals surface area contributed by atoms with E-state index in [9.17, 15) is 4.39 Å². The molecule has 3 nitrogen and oxygen atoms in total. The largest absolute Gasteiger partial charge is 0.489 e. The second kappa shape index (κ2) is 5.84. The summed E-state index contributed by atoms with van der Waals surface area (Å²) in [5.74, 6) is 0.0896. The summed E-state index contributed by atoms with van der Waals surface area (Å²) in [6.45, 7) is 0.217. The van der Waals surface area contributed by atoms with Crippen molar-refractivity contribution in [2.75, 3.05) is 0 Å². The highest BCUT2D eigenvalue weighted by Crippen LogP contribution is 2.19. The summed E-state index contributed by atoms with van der Waals surface area (Å²) in [5, 5.41) is 7.32. The predicted octanol–water partition coefficient (Wildman–Crippen LogP) is 3.45. The Kier molecular flexibility index (Phi) is 4.16. The standard InChI is InChI=1S/C14H12BrFN2O/c15-11-2-1-3-13(7-11)19-8-9-4-10(14(17)18)6-12(16)5-9/h1-7H,8H2,(H3,17,18). The van der Waals surface area contributed by atoms with E-state index in [1.807, 2.05) is 24.3 Å². The van der Waals surface area contributed by atoms with Crippen LogP contribution in [-0.2, 0) is 6.61 Å². The molecule has 0 amide bonds. The molecule has 2 aromatic rings. The summed E-state index contributed by atoms with van der Waals surface area (Å²) < 4.78 is 19.8. The molecule has 5 heteroatoms. The molecule has 2 rings (SSSR count). The Labute approximate surface area is 118 Å². The molecule has 0 aromatic heterocycles. The molecule has 3 N–H and O–H groups in total. The van der Waals surface area contributed by atoms with Crippen molar-refractivity contribution in [3.63, 3.8) is 0 Å². The average Bonchev–Trinajstić information content (AvgIpc) is 2.36. The van der Waals surface area contributed by atoms with Gasteiger partial charge in [-0.25, -0.2) is 4.39 Å². The maximum absolute atomic E-state index is 13.4. The number of rotatable bonds is 4. The van der Waals surface area contributed by atoms with Crippen LogP contribution in [0.4, 0.5) is 4.39 Å². The van der Waals surface area contributed by atoms with Gasteiger partial charge in [0.05, 0.1) is 0 Å². The first-order valence-corrected chi connectivity index (χ1v) is 6.36. The molecule has 0 aliphatic rings. The summed E-state index contributed by atoms with van der Waals surface area (Å²) >= 11 is 3.35. The van der Waals surface area contributed by atoms with E-state index in [1.165, 1.54) is 12.1 Å². The molecular formula is C14H12BrFN2O. The van der Waals surface area contributed by atoms with Crippen LogP contribution in [0.15, 0.2) is 46.9 Å². The Morgan fingerprint density at radius 2 is 2.05 bits per heavy atom. The second-order valence-corrected chi connectivity index (χ2v) is 4.92. The van der Waals surface area contributed by atoms with Gasteiger partial charge >= 0.3 is 0 Å². The molecule has 0 spiro atoms. The maximum atomic E-state index is 13.4. The molecule has 0 aliphatic carbocycles. The molecule has 0 atom stereocenters. The Morgan fingerprint density at radius 1 is 1.26 bits per heavy atom. The normalized spacial score (nSPS) is 10.2. The van der Waals surface area contributed by atoms with Crippen molar-refractivity contribution in [3.05, 3.63) is 63.9 Å². The number of ether oxygens (including phenoxy) is 1. The van der Waals surface area contributed by atoms with E-state index in [0.29, 0.717) is 16.9 Å². The number of nitrogens with two attached hydrogens (primary N) is 1. The minimum Gasteiger partial charge on any atom is -0.489 e. The number of hydrogen-bond donors (Lipinski definition) is 2. The van der Waals surface area contributed by atoms with E-state index in [-0.39, 0.29) is 12.4 Å². The highest BCUT2D eigenvalue weighted by molar-refractivity contribution is 9.10. The van der Waals surface area contributed by atoms with Crippen molar-refractivity contribution >= 4 is 21.8 Å². The molecule has 0 aliphatic heterocycles. The van der Waals surface area contributed by atoms with Crippen LogP contribution in [0.2, 0.25) is 0 Å². The third kappa shape index (κ3) is 3.79. The van der Waals surface area contributed by atoms with Gasteiger partial charge in [0.15, 0.2) is 0 Å². The van der Waals surface area contributed by atoms with Gasteiger partial charge < -0.3 is 10.5 Å². The molecule has 0 bridgehead atoms. The van der Waals surface area contributed by atoms with Crippen molar-refractivity contribution in [3.8, 4) is 5.75 Å². The lowest BCUT2D eigenvalue weighted by Crippen LogP contribution is -2.12. The van der Waals surface area contributed by atoms with Gasteiger partial charge in [-0.3, -0.25) is 5.41 Å². The monoisotopic (exact) mass is 322 g/mol. The molecule has 0 fully saturated rings. The predicted molar refractivity (Wildman–Crippen MR) is 75.9 cm³/mol. The Bertz CT molecular complexity index is 616. The number of nitrogens with one attached hydrogen (secondary N) is 1. The van der Waals surface area contributed by atoms with Crippen molar-refractivity contribution in [2.24, 2.45) is 5.73 Å². The lowest BCUT2D eigenvalue weighted by Gasteiger charge is -2.08. The fraction of sp³-hybridized carbons (Fsp3) is 0.0714. The number of amidine groups is 1. The summed E-state index contributed by atoms with van der Waals surface area (Å²) in [6.07, 6.45) is 0. The van der Waals surface area contributed by atoms with Gasteiger partial charge in [0, 0.05) is 10.0 Å². The summed E-state index contributed by atoms with van der Waals surface area (Å²) in [7, 11) is 0. The van der Waals surface area contributed by atoms with E-state index in [2.05, 4.69) is 15.9 Å². The quantitative estimate of drug-likeness (QED) is 0.669. The summed E-state index contributed by atoms with van der Waals surface area (Å²) in [6, 6.07) is 11.6. The zero-order chi connectivity index (χ0) is 13.8. The van der Waals surface area contributed by atoms with Gasteiger partial charge in [-0.05, 0) is 42.0 Å². The molecule has 19 heavy (non-hydrogen) atoms. The second-order valence-electron chi connectivity index (χ2n) is 4.01.